The van der Waals surface area contributed by atoms with Gasteiger partial charge in [-0.2, -0.15) is 5.26 Å². The lowest BCUT2D eigenvalue weighted by Gasteiger charge is -2.37. The third-order valence-electron chi connectivity index (χ3n) is 5.96. The monoisotopic (exact) mass is 421 g/mol. The number of hydrogen-bond acceptors (Lipinski definition) is 6. The van der Waals surface area contributed by atoms with Crippen LogP contribution in [0.25, 0.3) is 0 Å². The number of hydrogen-bond donors (Lipinski definition) is 3. The molecule has 0 spiro atoms. The number of nitrogens with zero attached hydrogens (tertiary/aromatic N) is 1. The highest BCUT2D eigenvalue weighted by Crippen LogP contribution is 2.34. The highest BCUT2D eigenvalue weighted by Gasteiger charge is 2.42. The fraction of sp³-hybridized carbons (Fsp3) is 0.400. The fourth-order valence-electron chi connectivity index (χ4n) is 4.27. The Bertz CT molecular complexity index is 959. The summed E-state index contributed by atoms with van der Waals surface area (Å²) in [6, 6.07) is 17.5. The molecule has 2 aromatic carbocycles. The van der Waals surface area contributed by atoms with Crippen molar-refractivity contribution in [2.24, 2.45) is 0 Å². The van der Waals surface area contributed by atoms with E-state index in [1.807, 2.05) is 30.3 Å². The molecule has 1 heterocycles. The zero-order valence-electron chi connectivity index (χ0n) is 17.2. The van der Waals surface area contributed by atoms with Gasteiger partial charge in [0, 0.05) is 0 Å². The van der Waals surface area contributed by atoms with Crippen LogP contribution >= 0.6 is 0 Å². The molecule has 4 rings (SSSR count). The molecule has 6 nitrogen and oxygen atoms in total. The number of ether oxygens (including phenoxy) is 2. The van der Waals surface area contributed by atoms with Gasteiger partial charge in [-0.05, 0) is 60.9 Å². The van der Waals surface area contributed by atoms with Gasteiger partial charge in [-0.15, -0.1) is 0 Å². The Morgan fingerprint density at radius 1 is 1.00 bits per heavy atom. The summed E-state index contributed by atoms with van der Waals surface area (Å²) in [6.07, 6.45) is 1.74. The minimum absolute atomic E-state index is 0.0476. The molecule has 1 saturated heterocycles. The van der Waals surface area contributed by atoms with E-state index in [0.29, 0.717) is 18.1 Å². The third-order valence-corrected chi connectivity index (χ3v) is 5.96. The molecule has 0 aromatic heterocycles. The molecular weight excluding hydrogens is 394 g/mol. The molecular formula is C25H27NO5. The first-order valence-electron chi connectivity index (χ1n) is 10.7. The average Bonchev–Trinajstić information content (AvgIpc) is 3.29. The maximum Gasteiger partial charge on any atom is 0.152 e. The van der Waals surface area contributed by atoms with Crippen LogP contribution in [0.4, 0.5) is 0 Å². The molecule has 0 radical (unpaired) electrons. The van der Waals surface area contributed by atoms with Crippen LogP contribution < -0.4 is 4.74 Å². The van der Waals surface area contributed by atoms with E-state index in [4.69, 9.17) is 14.7 Å². The number of nitriles is 1. The van der Waals surface area contributed by atoms with Crippen LogP contribution in [0.2, 0.25) is 0 Å². The minimum Gasteiger partial charge on any atom is -0.490 e. The van der Waals surface area contributed by atoms with Crippen molar-refractivity contribution in [3.63, 3.8) is 0 Å². The van der Waals surface area contributed by atoms with Gasteiger partial charge in [0.2, 0.25) is 0 Å². The normalized spacial score (nSPS) is 27.6. The van der Waals surface area contributed by atoms with Crippen LogP contribution in [0.15, 0.2) is 60.4 Å². The van der Waals surface area contributed by atoms with Crippen LogP contribution in [-0.2, 0) is 11.2 Å². The molecule has 0 bridgehead atoms. The Labute approximate surface area is 182 Å². The molecule has 1 aliphatic heterocycles. The summed E-state index contributed by atoms with van der Waals surface area (Å²) in [4.78, 5) is 0. The highest BCUT2D eigenvalue weighted by molar-refractivity contribution is 5.35. The SMILES string of the molecule is N#C/C=C1\O[C@@H](c2cccc(Cc3ccc(OC4CCCC4)cc3)c2)[C@H](O)[C@@H](O)[C@@H]1O. The van der Waals surface area contributed by atoms with Gasteiger partial charge in [0.25, 0.3) is 0 Å². The third kappa shape index (κ3) is 4.91. The van der Waals surface area contributed by atoms with E-state index in [2.05, 4.69) is 12.1 Å². The molecule has 1 saturated carbocycles. The van der Waals surface area contributed by atoms with E-state index in [-0.39, 0.29) is 5.76 Å². The second-order valence-corrected chi connectivity index (χ2v) is 8.23. The lowest BCUT2D eigenvalue weighted by Crippen LogP contribution is -2.47. The Kier molecular flexibility index (Phi) is 6.57. The zero-order chi connectivity index (χ0) is 21.8. The van der Waals surface area contributed by atoms with Gasteiger partial charge >= 0.3 is 0 Å². The maximum atomic E-state index is 10.4. The van der Waals surface area contributed by atoms with E-state index in [0.717, 1.165) is 35.8 Å². The van der Waals surface area contributed by atoms with Gasteiger partial charge in [0.15, 0.2) is 6.10 Å². The molecule has 162 valence electrons. The number of benzene rings is 2. The fourth-order valence-corrected chi connectivity index (χ4v) is 4.27. The first-order chi connectivity index (χ1) is 15.0. The van der Waals surface area contributed by atoms with Crippen LogP contribution in [-0.4, -0.2) is 39.7 Å². The molecule has 2 aromatic rings. The molecule has 2 aliphatic rings. The van der Waals surface area contributed by atoms with E-state index in [1.54, 1.807) is 12.1 Å². The van der Waals surface area contributed by atoms with Gasteiger partial charge in [-0.25, -0.2) is 0 Å². The number of rotatable bonds is 5. The molecule has 4 atom stereocenters. The highest BCUT2D eigenvalue weighted by atomic mass is 16.5. The molecule has 1 aliphatic carbocycles. The van der Waals surface area contributed by atoms with Gasteiger partial charge in [-0.1, -0.05) is 36.4 Å². The van der Waals surface area contributed by atoms with Crippen LogP contribution in [0.5, 0.6) is 5.75 Å². The van der Waals surface area contributed by atoms with Gasteiger partial charge in [0.05, 0.1) is 18.2 Å². The van der Waals surface area contributed by atoms with E-state index in [1.165, 1.54) is 12.8 Å². The van der Waals surface area contributed by atoms with Crippen molar-refractivity contribution in [1.29, 1.82) is 5.26 Å². The summed E-state index contributed by atoms with van der Waals surface area (Å²) in [5.41, 5.74) is 2.81. The van der Waals surface area contributed by atoms with Crippen molar-refractivity contribution >= 4 is 0 Å². The second kappa shape index (κ2) is 9.52. The number of aliphatic hydroxyl groups excluding tert-OH is 3. The van der Waals surface area contributed by atoms with Crippen molar-refractivity contribution in [3.8, 4) is 11.8 Å². The van der Waals surface area contributed by atoms with Crippen molar-refractivity contribution in [2.75, 3.05) is 0 Å². The van der Waals surface area contributed by atoms with Gasteiger partial charge < -0.3 is 24.8 Å². The van der Waals surface area contributed by atoms with Crippen LogP contribution in [0.1, 0.15) is 48.5 Å². The maximum absolute atomic E-state index is 10.4. The van der Waals surface area contributed by atoms with Crippen molar-refractivity contribution in [1.82, 2.24) is 0 Å². The molecule has 6 heteroatoms. The standard InChI is InChI=1S/C25H27NO5/c26-13-12-21-22(27)23(28)24(29)25(31-21)18-5-3-4-17(15-18)14-16-8-10-20(11-9-16)30-19-6-1-2-7-19/h3-5,8-12,15,19,22-25,27-29H,1-2,6-7,14H2/b21-12-/t22-,23+,24-,25+/m1/s1. The average molecular weight is 421 g/mol. The first kappa shape index (κ1) is 21.4. The lowest BCUT2D eigenvalue weighted by molar-refractivity contribution is -0.157. The number of aliphatic hydroxyl groups is 3. The molecule has 3 N–H and O–H groups in total. The summed E-state index contributed by atoms with van der Waals surface area (Å²) in [6.45, 7) is 0. The quantitative estimate of drug-likeness (QED) is 0.641. The van der Waals surface area contributed by atoms with E-state index < -0.39 is 24.4 Å². The first-order valence-corrected chi connectivity index (χ1v) is 10.7. The van der Waals surface area contributed by atoms with Gasteiger partial charge in [0.1, 0.15) is 29.8 Å². The second-order valence-electron chi connectivity index (χ2n) is 8.23. The summed E-state index contributed by atoms with van der Waals surface area (Å²) in [5, 5.41) is 39.5. The molecule has 2 fully saturated rings. The summed E-state index contributed by atoms with van der Waals surface area (Å²) in [5.74, 6) is 0.848. The number of allylic oxidation sites excluding steroid dienone is 1. The Hall–Kier alpha value is -2.85. The van der Waals surface area contributed by atoms with E-state index in [9.17, 15) is 15.3 Å². The van der Waals surface area contributed by atoms with Gasteiger partial charge in [-0.3, -0.25) is 0 Å². The predicted molar refractivity (Wildman–Crippen MR) is 114 cm³/mol. The summed E-state index contributed by atoms with van der Waals surface area (Å²) < 4.78 is 11.7. The molecule has 0 amide bonds. The van der Waals surface area contributed by atoms with Crippen molar-refractivity contribution in [3.05, 3.63) is 77.1 Å². The Morgan fingerprint density at radius 3 is 2.45 bits per heavy atom. The Morgan fingerprint density at radius 2 is 1.74 bits per heavy atom. The summed E-state index contributed by atoms with van der Waals surface area (Å²) >= 11 is 0. The lowest BCUT2D eigenvalue weighted by atomic mass is 9.91. The van der Waals surface area contributed by atoms with Crippen molar-refractivity contribution in [2.45, 2.75) is 62.6 Å². The van der Waals surface area contributed by atoms with Crippen LogP contribution in [0.3, 0.4) is 0 Å². The zero-order valence-corrected chi connectivity index (χ0v) is 17.2. The van der Waals surface area contributed by atoms with Crippen molar-refractivity contribution < 1.29 is 24.8 Å². The Balaban J connectivity index is 1.47. The topological polar surface area (TPSA) is 103 Å². The smallest absolute Gasteiger partial charge is 0.152 e. The summed E-state index contributed by atoms with van der Waals surface area (Å²) in [7, 11) is 0. The van der Waals surface area contributed by atoms with Crippen LogP contribution in [0, 0.1) is 11.3 Å². The molecule has 0 unspecified atom stereocenters. The van der Waals surface area contributed by atoms with E-state index >= 15 is 0 Å². The largest absolute Gasteiger partial charge is 0.490 e. The molecule has 31 heavy (non-hydrogen) atoms. The minimum atomic E-state index is -1.44. The predicted octanol–water partition coefficient (Wildman–Crippen LogP) is 3.16.